The van der Waals surface area contributed by atoms with Crippen LogP contribution in [0.1, 0.15) is 49.9 Å². The highest BCUT2D eigenvalue weighted by Crippen LogP contribution is 2.20. The van der Waals surface area contributed by atoms with Crippen LogP contribution in [-0.2, 0) is 16.1 Å². The van der Waals surface area contributed by atoms with Gasteiger partial charge in [0.15, 0.2) is 6.61 Å². The van der Waals surface area contributed by atoms with Gasteiger partial charge in [-0.3, -0.25) is 9.59 Å². The fourth-order valence-electron chi connectivity index (χ4n) is 3.11. The lowest BCUT2D eigenvalue weighted by atomic mass is 10.1. The zero-order valence-electron chi connectivity index (χ0n) is 19.2. The summed E-state index contributed by atoms with van der Waals surface area (Å²) in [5, 5.41) is 2.97. The molecule has 0 aliphatic rings. The van der Waals surface area contributed by atoms with Crippen LogP contribution in [0.4, 0.5) is 0 Å². The van der Waals surface area contributed by atoms with Gasteiger partial charge in [-0.15, -0.1) is 0 Å². The van der Waals surface area contributed by atoms with Gasteiger partial charge in [0.05, 0.1) is 0 Å². The van der Waals surface area contributed by atoms with Gasteiger partial charge in [-0.2, -0.15) is 0 Å². The normalized spacial score (nSPS) is 12.2. The second-order valence-electron chi connectivity index (χ2n) is 8.92. The molecule has 0 aliphatic heterocycles. The number of rotatable bonds is 7. The first-order valence-electron chi connectivity index (χ1n) is 10.3. The Bertz CT molecular complexity index is 900. The molecule has 1 N–H and O–H groups in total. The van der Waals surface area contributed by atoms with E-state index >= 15 is 0 Å². The molecule has 0 radical (unpaired) electrons. The Hall–Kier alpha value is -2.82. The summed E-state index contributed by atoms with van der Waals surface area (Å²) in [6.45, 7) is 13.7. The standard InChI is InChI=1S/C25H34N2O3/c1-17-12-13-19(3)22(14-17)30-16-23(28)27(15-21-11-9-8-10-18(21)2)20(4)24(29)26-25(5,6)7/h8-14,20H,15-16H2,1-7H3,(H,26,29)/t20-/m0/s1. The molecule has 0 heterocycles. The van der Waals surface area contributed by atoms with E-state index in [1.54, 1.807) is 11.8 Å². The lowest BCUT2D eigenvalue weighted by Crippen LogP contribution is -2.53. The van der Waals surface area contributed by atoms with Crippen LogP contribution in [-0.4, -0.2) is 34.9 Å². The Morgan fingerprint density at radius 1 is 1.03 bits per heavy atom. The van der Waals surface area contributed by atoms with Crippen molar-refractivity contribution in [3.05, 3.63) is 64.7 Å². The molecule has 0 bridgehead atoms. The molecule has 0 aliphatic carbocycles. The zero-order valence-corrected chi connectivity index (χ0v) is 19.2. The summed E-state index contributed by atoms with van der Waals surface area (Å²) in [7, 11) is 0. The van der Waals surface area contributed by atoms with Gasteiger partial charge in [0.1, 0.15) is 11.8 Å². The van der Waals surface area contributed by atoms with E-state index in [4.69, 9.17) is 4.74 Å². The Kier molecular flexibility index (Phi) is 7.65. The predicted molar refractivity (Wildman–Crippen MR) is 120 cm³/mol. The Morgan fingerprint density at radius 2 is 1.70 bits per heavy atom. The van der Waals surface area contributed by atoms with Crippen LogP contribution in [0.5, 0.6) is 5.75 Å². The van der Waals surface area contributed by atoms with Gasteiger partial charge in [0.2, 0.25) is 5.91 Å². The summed E-state index contributed by atoms with van der Waals surface area (Å²) in [5.74, 6) is 0.276. The molecule has 2 amide bonds. The highest BCUT2D eigenvalue weighted by atomic mass is 16.5. The van der Waals surface area contributed by atoms with E-state index in [9.17, 15) is 9.59 Å². The number of carbonyl (C=O) groups is 2. The van der Waals surface area contributed by atoms with E-state index in [2.05, 4.69) is 5.32 Å². The van der Waals surface area contributed by atoms with Gasteiger partial charge in [-0.25, -0.2) is 0 Å². The number of aryl methyl sites for hydroxylation is 3. The maximum Gasteiger partial charge on any atom is 0.261 e. The van der Waals surface area contributed by atoms with Crippen molar-refractivity contribution in [2.45, 2.75) is 66.6 Å². The molecule has 0 saturated carbocycles. The van der Waals surface area contributed by atoms with Crippen LogP contribution in [0, 0.1) is 20.8 Å². The molecule has 30 heavy (non-hydrogen) atoms. The minimum atomic E-state index is -0.626. The van der Waals surface area contributed by atoms with E-state index in [-0.39, 0.29) is 24.0 Å². The topological polar surface area (TPSA) is 58.6 Å². The van der Waals surface area contributed by atoms with Crippen LogP contribution >= 0.6 is 0 Å². The lowest BCUT2D eigenvalue weighted by molar-refractivity contribution is -0.142. The molecule has 5 nitrogen and oxygen atoms in total. The molecule has 1 atom stereocenters. The second-order valence-corrected chi connectivity index (χ2v) is 8.92. The summed E-state index contributed by atoms with van der Waals surface area (Å²) in [6, 6.07) is 13.2. The van der Waals surface area contributed by atoms with Crippen LogP contribution < -0.4 is 10.1 Å². The van der Waals surface area contributed by atoms with E-state index in [0.717, 1.165) is 22.3 Å². The largest absolute Gasteiger partial charge is 0.483 e. The maximum absolute atomic E-state index is 13.2. The summed E-state index contributed by atoms with van der Waals surface area (Å²) in [6.07, 6.45) is 0. The lowest BCUT2D eigenvalue weighted by Gasteiger charge is -2.31. The first kappa shape index (κ1) is 23.5. The zero-order chi connectivity index (χ0) is 22.5. The summed E-state index contributed by atoms with van der Waals surface area (Å²) < 4.78 is 5.84. The Labute approximate surface area is 180 Å². The van der Waals surface area contributed by atoms with Crippen molar-refractivity contribution in [3.8, 4) is 5.75 Å². The molecular weight excluding hydrogens is 376 g/mol. The average molecular weight is 411 g/mol. The molecule has 2 aromatic rings. The van der Waals surface area contributed by atoms with Gasteiger partial charge >= 0.3 is 0 Å². The van der Waals surface area contributed by atoms with Gasteiger partial charge < -0.3 is 15.0 Å². The monoisotopic (exact) mass is 410 g/mol. The third kappa shape index (κ3) is 6.61. The fourth-order valence-corrected chi connectivity index (χ4v) is 3.11. The number of hydrogen-bond acceptors (Lipinski definition) is 3. The smallest absolute Gasteiger partial charge is 0.261 e. The molecule has 0 spiro atoms. The summed E-state index contributed by atoms with van der Waals surface area (Å²) in [4.78, 5) is 27.6. The fraction of sp³-hybridized carbons (Fsp3) is 0.440. The first-order valence-corrected chi connectivity index (χ1v) is 10.3. The maximum atomic E-state index is 13.2. The van der Waals surface area contributed by atoms with Crippen molar-refractivity contribution in [2.75, 3.05) is 6.61 Å². The van der Waals surface area contributed by atoms with E-state index < -0.39 is 6.04 Å². The SMILES string of the molecule is Cc1ccc(C)c(OCC(=O)N(Cc2ccccc2C)[C@@H](C)C(=O)NC(C)(C)C)c1. The molecule has 162 valence electrons. The number of ether oxygens (including phenoxy) is 1. The third-order valence-electron chi connectivity index (χ3n) is 4.96. The minimum Gasteiger partial charge on any atom is -0.483 e. The number of carbonyl (C=O) groups excluding carboxylic acids is 2. The van der Waals surface area contributed by atoms with Crippen LogP contribution in [0.2, 0.25) is 0 Å². The van der Waals surface area contributed by atoms with Crippen LogP contribution in [0.3, 0.4) is 0 Å². The molecule has 2 aromatic carbocycles. The molecule has 0 unspecified atom stereocenters. The summed E-state index contributed by atoms with van der Waals surface area (Å²) >= 11 is 0. The van der Waals surface area contributed by atoms with Gasteiger partial charge in [0, 0.05) is 12.1 Å². The molecular formula is C25H34N2O3. The van der Waals surface area contributed by atoms with Crippen molar-refractivity contribution in [1.29, 1.82) is 0 Å². The number of hydrogen-bond donors (Lipinski definition) is 1. The van der Waals surface area contributed by atoms with Crippen molar-refractivity contribution >= 4 is 11.8 Å². The third-order valence-corrected chi connectivity index (χ3v) is 4.96. The van der Waals surface area contributed by atoms with E-state index in [1.807, 2.05) is 84.0 Å². The molecule has 5 heteroatoms. The first-order chi connectivity index (χ1) is 14.0. The molecule has 0 fully saturated rings. The number of nitrogens with one attached hydrogen (secondary N) is 1. The molecule has 0 aromatic heterocycles. The highest BCUT2D eigenvalue weighted by molar-refractivity contribution is 5.88. The number of amides is 2. The quantitative estimate of drug-likeness (QED) is 0.739. The second kappa shape index (κ2) is 9.79. The van der Waals surface area contributed by atoms with Gasteiger partial charge in [-0.1, -0.05) is 36.4 Å². The molecule has 0 saturated heterocycles. The Morgan fingerprint density at radius 3 is 2.33 bits per heavy atom. The van der Waals surface area contributed by atoms with Crippen molar-refractivity contribution in [3.63, 3.8) is 0 Å². The number of nitrogens with zero attached hydrogens (tertiary/aromatic N) is 1. The number of benzene rings is 2. The highest BCUT2D eigenvalue weighted by Gasteiger charge is 2.29. The molecule has 2 rings (SSSR count). The minimum absolute atomic E-state index is 0.122. The van der Waals surface area contributed by atoms with Crippen molar-refractivity contribution in [2.24, 2.45) is 0 Å². The Balaban J connectivity index is 2.22. The van der Waals surface area contributed by atoms with Gasteiger partial charge in [0.25, 0.3) is 5.91 Å². The van der Waals surface area contributed by atoms with Crippen molar-refractivity contribution < 1.29 is 14.3 Å². The van der Waals surface area contributed by atoms with E-state index in [0.29, 0.717) is 12.3 Å². The van der Waals surface area contributed by atoms with Crippen LogP contribution in [0.25, 0.3) is 0 Å². The van der Waals surface area contributed by atoms with E-state index in [1.165, 1.54) is 0 Å². The predicted octanol–water partition coefficient (Wildman–Crippen LogP) is 4.32. The average Bonchev–Trinajstić information content (AvgIpc) is 2.66. The summed E-state index contributed by atoms with van der Waals surface area (Å²) in [5.41, 5.74) is 3.75. The van der Waals surface area contributed by atoms with Crippen molar-refractivity contribution in [1.82, 2.24) is 10.2 Å². The van der Waals surface area contributed by atoms with Gasteiger partial charge in [-0.05, 0) is 76.8 Å². The van der Waals surface area contributed by atoms with Crippen LogP contribution in [0.15, 0.2) is 42.5 Å².